The second-order valence-electron chi connectivity index (χ2n) is 4.99. The fraction of sp³-hybridized carbons (Fsp3) is 0.0556. The van der Waals surface area contributed by atoms with Crippen molar-refractivity contribution < 1.29 is 4.42 Å². The SMILES string of the molecule is Cc1ccc(-c2nc3ccccc3s2)cc1-c1ccco1. The molecule has 0 aliphatic carbocycles. The van der Waals surface area contributed by atoms with E-state index in [1.807, 2.05) is 24.3 Å². The Morgan fingerprint density at radius 3 is 2.71 bits per heavy atom. The average molecular weight is 291 g/mol. The molecule has 0 N–H and O–H groups in total. The summed E-state index contributed by atoms with van der Waals surface area (Å²) in [6.07, 6.45) is 1.71. The van der Waals surface area contributed by atoms with E-state index in [-0.39, 0.29) is 0 Å². The van der Waals surface area contributed by atoms with Gasteiger partial charge in [-0.25, -0.2) is 4.98 Å². The largest absolute Gasteiger partial charge is 0.464 e. The van der Waals surface area contributed by atoms with Crippen molar-refractivity contribution in [2.75, 3.05) is 0 Å². The summed E-state index contributed by atoms with van der Waals surface area (Å²) < 4.78 is 6.75. The highest BCUT2D eigenvalue weighted by molar-refractivity contribution is 7.21. The van der Waals surface area contributed by atoms with Crippen LogP contribution < -0.4 is 0 Å². The van der Waals surface area contributed by atoms with E-state index in [4.69, 9.17) is 9.40 Å². The maximum atomic E-state index is 5.53. The first-order valence-corrected chi connectivity index (χ1v) is 7.63. The molecule has 0 saturated heterocycles. The van der Waals surface area contributed by atoms with Gasteiger partial charge in [-0.15, -0.1) is 11.3 Å². The topological polar surface area (TPSA) is 26.0 Å². The molecule has 0 spiro atoms. The molecular weight excluding hydrogens is 278 g/mol. The Morgan fingerprint density at radius 1 is 1.00 bits per heavy atom. The third-order valence-electron chi connectivity index (χ3n) is 3.57. The summed E-state index contributed by atoms with van der Waals surface area (Å²) in [5.74, 6) is 0.899. The Hall–Kier alpha value is -2.39. The van der Waals surface area contributed by atoms with E-state index in [0.717, 1.165) is 27.4 Å². The molecule has 4 rings (SSSR count). The van der Waals surface area contributed by atoms with Crippen molar-refractivity contribution in [3.8, 4) is 21.9 Å². The molecular formula is C18H13NOS. The number of aromatic nitrogens is 1. The number of aryl methyl sites for hydroxylation is 1. The number of nitrogens with zero attached hydrogens (tertiary/aromatic N) is 1. The van der Waals surface area contributed by atoms with Crippen LogP contribution in [0.15, 0.2) is 65.3 Å². The Kier molecular flexibility index (Phi) is 2.86. The van der Waals surface area contributed by atoms with Crippen LogP contribution in [0.3, 0.4) is 0 Å². The highest BCUT2D eigenvalue weighted by Gasteiger charge is 2.10. The van der Waals surface area contributed by atoms with Crippen LogP contribution in [0.4, 0.5) is 0 Å². The van der Waals surface area contributed by atoms with Gasteiger partial charge < -0.3 is 4.42 Å². The molecule has 21 heavy (non-hydrogen) atoms. The fourth-order valence-corrected chi connectivity index (χ4v) is 3.41. The summed E-state index contributed by atoms with van der Waals surface area (Å²) in [7, 11) is 0. The Labute approximate surface area is 126 Å². The molecule has 0 amide bonds. The molecule has 2 heterocycles. The molecule has 0 atom stereocenters. The smallest absolute Gasteiger partial charge is 0.134 e. The maximum absolute atomic E-state index is 5.53. The van der Waals surface area contributed by atoms with Gasteiger partial charge in [0, 0.05) is 11.1 Å². The first-order valence-electron chi connectivity index (χ1n) is 6.82. The van der Waals surface area contributed by atoms with Crippen molar-refractivity contribution in [3.05, 3.63) is 66.4 Å². The zero-order valence-electron chi connectivity index (χ0n) is 11.5. The molecule has 3 heteroatoms. The Bertz CT molecular complexity index is 873. The minimum atomic E-state index is 0.899. The predicted octanol–water partition coefficient (Wildman–Crippen LogP) is 5.53. The van der Waals surface area contributed by atoms with Crippen LogP contribution in [0.1, 0.15) is 5.56 Å². The molecule has 0 aliphatic rings. The van der Waals surface area contributed by atoms with Crippen LogP contribution in [-0.4, -0.2) is 4.98 Å². The highest BCUT2D eigenvalue weighted by atomic mass is 32.1. The van der Waals surface area contributed by atoms with Crippen LogP contribution in [0, 0.1) is 6.92 Å². The number of thiazole rings is 1. The van der Waals surface area contributed by atoms with E-state index in [9.17, 15) is 0 Å². The van der Waals surface area contributed by atoms with Gasteiger partial charge in [-0.1, -0.05) is 24.3 Å². The van der Waals surface area contributed by atoms with Gasteiger partial charge in [-0.2, -0.15) is 0 Å². The van der Waals surface area contributed by atoms with Crippen LogP contribution >= 0.6 is 11.3 Å². The molecule has 0 aliphatic heterocycles. The van der Waals surface area contributed by atoms with Gasteiger partial charge in [0.1, 0.15) is 10.8 Å². The molecule has 0 unspecified atom stereocenters. The molecule has 0 fully saturated rings. The molecule has 2 aromatic heterocycles. The van der Waals surface area contributed by atoms with E-state index in [1.165, 1.54) is 10.3 Å². The van der Waals surface area contributed by atoms with E-state index >= 15 is 0 Å². The van der Waals surface area contributed by atoms with Gasteiger partial charge in [0.2, 0.25) is 0 Å². The Morgan fingerprint density at radius 2 is 1.90 bits per heavy atom. The van der Waals surface area contributed by atoms with Gasteiger partial charge in [0.15, 0.2) is 0 Å². The van der Waals surface area contributed by atoms with Gasteiger partial charge >= 0.3 is 0 Å². The number of hydrogen-bond donors (Lipinski definition) is 0. The summed E-state index contributed by atoms with van der Waals surface area (Å²) in [6, 6.07) is 18.5. The third kappa shape index (κ3) is 2.16. The van der Waals surface area contributed by atoms with Crippen LogP contribution in [0.2, 0.25) is 0 Å². The standard InChI is InChI=1S/C18H13NOS/c1-12-8-9-13(11-14(12)16-6-4-10-20-16)18-19-15-5-2-3-7-17(15)21-18/h2-11H,1H3. The van der Waals surface area contributed by atoms with Crippen molar-refractivity contribution >= 4 is 21.6 Å². The quantitative estimate of drug-likeness (QED) is 0.485. The van der Waals surface area contributed by atoms with Crippen molar-refractivity contribution in [1.82, 2.24) is 4.98 Å². The maximum Gasteiger partial charge on any atom is 0.134 e. The van der Waals surface area contributed by atoms with Gasteiger partial charge in [-0.05, 0) is 42.8 Å². The Balaban J connectivity index is 1.87. The normalized spacial score (nSPS) is 11.1. The third-order valence-corrected chi connectivity index (χ3v) is 4.65. The van der Waals surface area contributed by atoms with Crippen molar-refractivity contribution in [2.24, 2.45) is 0 Å². The number of fused-ring (bicyclic) bond motifs is 1. The second-order valence-corrected chi connectivity index (χ2v) is 6.02. The molecule has 0 radical (unpaired) electrons. The van der Waals surface area contributed by atoms with Gasteiger partial charge in [0.05, 0.1) is 16.5 Å². The van der Waals surface area contributed by atoms with E-state index in [1.54, 1.807) is 17.6 Å². The minimum Gasteiger partial charge on any atom is -0.464 e. The lowest BCUT2D eigenvalue weighted by atomic mass is 10.0. The van der Waals surface area contributed by atoms with Gasteiger partial charge in [-0.3, -0.25) is 0 Å². The number of para-hydroxylation sites is 1. The molecule has 102 valence electrons. The summed E-state index contributed by atoms with van der Waals surface area (Å²) in [5.41, 5.74) is 4.51. The fourth-order valence-electron chi connectivity index (χ4n) is 2.45. The van der Waals surface area contributed by atoms with E-state index in [2.05, 4.69) is 37.3 Å². The predicted molar refractivity (Wildman–Crippen MR) is 87.5 cm³/mol. The highest BCUT2D eigenvalue weighted by Crippen LogP contribution is 2.33. The molecule has 0 bridgehead atoms. The summed E-state index contributed by atoms with van der Waals surface area (Å²) in [4.78, 5) is 4.72. The average Bonchev–Trinajstić information content (AvgIpc) is 3.17. The van der Waals surface area contributed by atoms with Crippen LogP contribution in [0.5, 0.6) is 0 Å². The number of rotatable bonds is 2. The second kappa shape index (κ2) is 4.86. The first-order chi connectivity index (χ1) is 10.3. The number of benzene rings is 2. The molecule has 0 saturated carbocycles. The lowest BCUT2D eigenvalue weighted by Crippen LogP contribution is -1.83. The monoisotopic (exact) mass is 291 g/mol. The number of furan rings is 1. The minimum absolute atomic E-state index is 0.899. The summed E-state index contributed by atoms with van der Waals surface area (Å²) in [6.45, 7) is 2.10. The molecule has 2 nitrogen and oxygen atoms in total. The van der Waals surface area contributed by atoms with E-state index in [0.29, 0.717) is 0 Å². The lowest BCUT2D eigenvalue weighted by molar-refractivity contribution is 0.582. The molecule has 2 aromatic carbocycles. The lowest BCUT2D eigenvalue weighted by Gasteiger charge is -2.05. The summed E-state index contributed by atoms with van der Waals surface area (Å²) >= 11 is 1.72. The van der Waals surface area contributed by atoms with Gasteiger partial charge in [0.25, 0.3) is 0 Å². The zero-order valence-corrected chi connectivity index (χ0v) is 12.4. The van der Waals surface area contributed by atoms with Crippen molar-refractivity contribution in [1.29, 1.82) is 0 Å². The zero-order chi connectivity index (χ0) is 14.2. The molecule has 4 aromatic rings. The first kappa shape index (κ1) is 12.4. The van der Waals surface area contributed by atoms with Crippen molar-refractivity contribution in [3.63, 3.8) is 0 Å². The number of hydrogen-bond acceptors (Lipinski definition) is 3. The van der Waals surface area contributed by atoms with Crippen LogP contribution in [-0.2, 0) is 0 Å². The summed E-state index contributed by atoms with van der Waals surface area (Å²) in [5, 5.41) is 1.05. The van der Waals surface area contributed by atoms with Crippen molar-refractivity contribution in [2.45, 2.75) is 6.92 Å². The van der Waals surface area contributed by atoms with Crippen LogP contribution in [0.25, 0.3) is 32.1 Å². The van der Waals surface area contributed by atoms with E-state index < -0.39 is 0 Å².